The Hall–Kier alpha value is -3.14. The summed E-state index contributed by atoms with van der Waals surface area (Å²) in [5, 5.41) is 7.33. The number of nitrogens with one attached hydrogen (secondary N) is 2. The van der Waals surface area contributed by atoms with Crippen molar-refractivity contribution in [2.75, 3.05) is 6.54 Å². The third kappa shape index (κ3) is 3.63. The van der Waals surface area contributed by atoms with E-state index in [1.54, 1.807) is 12.4 Å². The first kappa shape index (κ1) is 18.2. The van der Waals surface area contributed by atoms with Gasteiger partial charge in [0.2, 0.25) is 11.7 Å². The van der Waals surface area contributed by atoms with Gasteiger partial charge in [0.15, 0.2) is 0 Å². The average molecular weight is 448 g/mol. The third-order valence-corrected chi connectivity index (χ3v) is 4.44. The van der Waals surface area contributed by atoms with Crippen molar-refractivity contribution in [2.45, 2.75) is 6.42 Å². The molecule has 0 unspecified atom stereocenters. The van der Waals surface area contributed by atoms with Gasteiger partial charge in [0.1, 0.15) is 17.3 Å². The molecule has 0 saturated heterocycles. The molecular weight excluding hydrogens is 436 g/mol. The molecule has 0 aliphatic heterocycles. The van der Waals surface area contributed by atoms with Crippen LogP contribution in [0.5, 0.6) is 0 Å². The van der Waals surface area contributed by atoms with Crippen molar-refractivity contribution in [3.8, 4) is 11.4 Å². The molecule has 0 saturated carbocycles. The van der Waals surface area contributed by atoms with Crippen LogP contribution in [-0.4, -0.2) is 32.6 Å². The highest BCUT2D eigenvalue weighted by Crippen LogP contribution is 2.27. The first-order valence-electron chi connectivity index (χ1n) is 8.20. The Morgan fingerprint density at radius 1 is 1.29 bits per heavy atom. The van der Waals surface area contributed by atoms with E-state index in [-0.39, 0.29) is 18.5 Å². The lowest BCUT2D eigenvalue weighted by atomic mass is 10.2. The summed E-state index contributed by atoms with van der Waals surface area (Å²) in [7, 11) is 0. The average Bonchev–Trinajstić information content (AvgIpc) is 3.27. The van der Waals surface area contributed by atoms with Crippen LogP contribution in [0.4, 0.5) is 8.78 Å². The minimum Gasteiger partial charge on any atom is -0.351 e. The van der Waals surface area contributed by atoms with E-state index in [4.69, 9.17) is 4.52 Å². The van der Waals surface area contributed by atoms with Crippen molar-refractivity contribution in [3.05, 3.63) is 64.2 Å². The normalized spacial score (nSPS) is 11.1. The van der Waals surface area contributed by atoms with Crippen LogP contribution in [-0.2, 0) is 6.42 Å². The van der Waals surface area contributed by atoms with Gasteiger partial charge in [0, 0.05) is 46.8 Å². The molecule has 0 aliphatic rings. The molecule has 7 nitrogen and oxygen atoms in total. The summed E-state index contributed by atoms with van der Waals surface area (Å²) in [6.45, 7) is 0.151. The molecule has 142 valence electrons. The minimum atomic E-state index is -0.920. The second kappa shape index (κ2) is 7.47. The zero-order chi connectivity index (χ0) is 19.7. The van der Waals surface area contributed by atoms with Gasteiger partial charge in [0.25, 0.3) is 5.91 Å². The van der Waals surface area contributed by atoms with E-state index >= 15 is 0 Å². The number of benzene rings is 1. The fourth-order valence-corrected chi connectivity index (χ4v) is 3.01. The molecule has 2 N–H and O–H groups in total. The Morgan fingerprint density at radius 2 is 2.14 bits per heavy atom. The zero-order valence-electron chi connectivity index (χ0n) is 14.2. The number of aromatic amines is 1. The summed E-state index contributed by atoms with van der Waals surface area (Å²) in [6.07, 6.45) is 3.67. The molecule has 28 heavy (non-hydrogen) atoms. The quantitative estimate of drug-likeness (QED) is 0.486. The van der Waals surface area contributed by atoms with Crippen LogP contribution in [0.3, 0.4) is 0 Å². The van der Waals surface area contributed by atoms with Crippen LogP contribution < -0.4 is 5.32 Å². The van der Waals surface area contributed by atoms with Crippen molar-refractivity contribution >= 4 is 32.9 Å². The molecule has 0 aliphatic carbocycles. The van der Waals surface area contributed by atoms with E-state index in [0.717, 1.165) is 27.6 Å². The number of H-pyrrole nitrogens is 1. The number of amides is 1. The van der Waals surface area contributed by atoms with Gasteiger partial charge in [-0.05, 0) is 34.1 Å². The number of halogens is 3. The Kier molecular flexibility index (Phi) is 4.86. The van der Waals surface area contributed by atoms with Crippen LogP contribution in [0.15, 0.2) is 45.7 Å². The number of hydrogen-bond donors (Lipinski definition) is 2. The molecule has 0 spiro atoms. The van der Waals surface area contributed by atoms with E-state index in [1.807, 2.05) is 6.07 Å². The summed E-state index contributed by atoms with van der Waals surface area (Å²) >= 11 is 3.38. The molecule has 0 radical (unpaired) electrons. The molecule has 4 rings (SSSR count). The van der Waals surface area contributed by atoms with Crippen molar-refractivity contribution in [1.29, 1.82) is 0 Å². The van der Waals surface area contributed by atoms with Gasteiger partial charge >= 0.3 is 0 Å². The van der Waals surface area contributed by atoms with Gasteiger partial charge < -0.3 is 14.8 Å². The number of hydrogen-bond acceptors (Lipinski definition) is 5. The summed E-state index contributed by atoms with van der Waals surface area (Å²) < 4.78 is 32.6. The van der Waals surface area contributed by atoms with Gasteiger partial charge in [-0.2, -0.15) is 4.98 Å². The SMILES string of the molecule is O=C(NCCc1nc(-c2c[nH]c3ncc(Br)cc23)no1)c1ccc(F)cc1F. The van der Waals surface area contributed by atoms with E-state index in [9.17, 15) is 13.6 Å². The molecule has 3 aromatic heterocycles. The maximum absolute atomic E-state index is 13.6. The molecule has 0 atom stereocenters. The van der Waals surface area contributed by atoms with Gasteiger partial charge in [-0.15, -0.1) is 0 Å². The maximum atomic E-state index is 13.6. The molecular formula is C18H12BrF2N5O2. The predicted molar refractivity (Wildman–Crippen MR) is 99.5 cm³/mol. The Labute approximate surface area is 165 Å². The second-order valence-corrected chi connectivity index (χ2v) is 6.81. The van der Waals surface area contributed by atoms with E-state index in [0.29, 0.717) is 23.4 Å². The first-order chi connectivity index (χ1) is 13.5. The molecule has 1 aromatic carbocycles. The number of fused-ring (bicyclic) bond motifs is 1. The fourth-order valence-electron chi connectivity index (χ4n) is 2.68. The van der Waals surface area contributed by atoms with Crippen molar-refractivity contribution < 1.29 is 18.1 Å². The van der Waals surface area contributed by atoms with Crippen LogP contribution in [0.25, 0.3) is 22.4 Å². The standard InChI is InChI=1S/C18H12BrF2N5O2/c19-9-5-12-13(8-24-16(12)23-7-9)17-25-15(28-26-17)3-4-22-18(27)11-2-1-10(20)6-14(11)21/h1-2,5-8H,3-4H2,(H,22,27)(H,23,24). The highest BCUT2D eigenvalue weighted by atomic mass is 79.9. The summed E-state index contributed by atoms with van der Waals surface area (Å²) in [5.41, 5.74) is 1.19. The summed E-state index contributed by atoms with van der Waals surface area (Å²) in [6, 6.07) is 4.67. The summed E-state index contributed by atoms with van der Waals surface area (Å²) in [4.78, 5) is 23.6. The lowest BCUT2D eigenvalue weighted by molar-refractivity contribution is 0.0949. The van der Waals surface area contributed by atoms with Gasteiger partial charge in [-0.1, -0.05) is 5.16 Å². The van der Waals surface area contributed by atoms with Crippen LogP contribution in [0.2, 0.25) is 0 Å². The largest absolute Gasteiger partial charge is 0.351 e. The van der Waals surface area contributed by atoms with Crippen molar-refractivity contribution in [2.24, 2.45) is 0 Å². The molecule has 0 fully saturated rings. The molecule has 1 amide bonds. The topological polar surface area (TPSA) is 96.7 Å². The fraction of sp³-hybridized carbons (Fsp3) is 0.111. The number of carbonyl (C=O) groups excluding carboxylic acids is 1. The first-order valence-corrected chi connectivity index (χ1v) is 8.99. The van der Waals surface area contributed by atoms with Gasteiger partial charge in [0.05, 0.1) is 5.56 Å². The maximum Gasteiger partial charge on any atom is 0.254 e. The zero-order valence-corrected chi connectivity index (χ0v) is 15.8. The monoisotopic (exact) mass is 447 g/mol. The molecule has 3 heterocycles. The van der Waals surface area contributed by atoms with Crippen molar-refractivity contribution in [3.63, 3.8) is 0 Å². The van der Waals surface area contributed by atoms with Gasteiger partial charge in [-0.25, -0.2) is 13.8 Å². The highest BCUT2D eigenvalue weighted by Gasteiger charge is 2.15. The number of rotatable bonds is 5. The highest BCUT2D eigenvalue weighted by molar-refractivity contribution is 9.10. The molecule has 10 heteroatoms. The van der Waals surface area contributed by atoms with Gasteiger partial charge in [-0.3, -0.25) is 4.79 Å². The Balaban J connectivity index is 1.42. The van der Waals surface area contributed by atoms with E-state index < -0.39 is 17.5 Å². The predicted octanol–water partition coefficient (Wildman–Crippen LogP) is 3.63. The van der Waals surface area contributed by atoms with Crippen LogP contribution in [0, 0.1) is 11.6 Å². The third-order valence-electron chi connectivity index (χ3n) is 4.01. The van der Waals surface area contributed by atoms with Crippen molar-refractivity contribution in [1.82, 2.24) is 25.4 Å². The Morgan fingerprint density at radius 3 is 2.96 bits per heavy atom. The number of aromatic nitrogens is 4. The lowest BCUT2D eigenvalue weighted by Gasteiger charge is -2.04. The second-order valence-electron chi connectivity index (χ2n) is 5.89. The van der Waals surface area contributed by atoms with E-state index in [1.165, 1.54) is 0 Å². The lowest BCUT2D eigenvalue weighted by Crippen LogP contribution is -2.26. The Bertz CT molecular complexity index is 1170. The molecule has 0 bridgehead atoms. The number of nitrogens with zero attached hydrogens (tertiary/aromatic N) is 3. The number of carbonyl (C=O) groups is 1. The summed E-state index contributed by atoms with van der Waals surface area (Å²) in [5.74, 6) is -1.61. The minimum absolute atomic E-state index is 0.151. The molecule has 4 aromatic rings. The van der Waals surface area contributed by atoms with E-state index in [2.05, 4.69) is 41.4 Å². The smallest absolute Gasteiger partial charge is 0.254 e. The van der Waals surface area contributed by atoms with Crippen LogP contribution in [0.1, 0.15) is 16.2 Å². The number of pyridine rings is 1. The van der Waals surface area contributed by atoms with Crippen LogP contribution >= 0.6 is 15.9 Å².